The van der Waals surface area contributed by atoms with Crippen LogP contribution in [0.1, 0.15) is 11.4 Å². The molecule has 9 heteroatoms. The van der Waals surface area contributed by atoms with Gasteiger partial charge >= 0.3 is 0 Å². The molecule has 2 heterocycles. The van der Waals surface area contributed by atoms with E-state index in [4.69, 9.17) is 25.4 Å². The van der Waals surface area contributed by atoms with Crippen molar-refractivity contribution in [3.63, 3.8) is 0 Å². The Bertz CT molecular complexity index is 993. The van der Waals surface area contributed by atoms with Gasteiger partial charge in [-0.15, -0.1) is 0 Å². The van der Waals surface area contributed by atoms with Gasteiger partial charge in [0, 0.05) is 6.21 Å². The minimum atomic E-state index is -0.333. The van der Waals surface area contributed by atoms with Crippen LogP contribution in [-0.2, 0) is 4.74 Å². The van der Waals surface area contributed by atoms with Crippen LogP contribution in [0, 0.1) is 11.2 Å². The van der Waals surface area contributed by atoms with Crippen molar-refractivity contribution in [2.75, 3.05) is 26.4 Å². The first-order valence-corrected chi connectivity index (χ1v) is 9.50. The predicted molar refractivity (Wildman–Crippen MR) is 115 cm³/mol. The SMILES string of the molecule is N=Cc1ccc(OCCOCCOc2ccc(C(N)=Nc3ccc(F)cc3)nc2)cn1. The fourth-order valence-corrected chi connectivity index (χ4v) is 2.43. The number of aromatic nitrogens is 2. The van der Waals surface area contributed by atoms with Crippen LogP contribution in [0.25, 0.3) is 0 Å². The maximum atomic E-state index is 12.9. The Morgan fingerprint density at radius 3 is 2.10 bits per heavy atom. The van der Waals surface area contributed by atoms with Gasteiger partial charge in [-0.3, -0.25) is 4.98 Å². The van der Waals surface area contributed by atoms with Crippen molar-refractivity contribution >= 4 is 17.7 Å². The number of pyridine rings is 2. The molecule has 3 rings (SSSR count). The fourth-order valence-electron chi connectivity index (χ4n) is 2.43. The summed E-state index contributed by atoms with van der Waals surface area (Å²) in [6, 6.07) is 12.6. The van der Waals surface area contributed by atoms with Gasteiger partial charge in [0.25, 0.3) is 0 Å². The van der Waals surface area contributed by atoms with Crippen LogP contribution in [0.15, 0.2) is 65.9 Å². The van der Waals surface area contributed by atoms with Crippen molar-refractivity contribution in [3.8, 4) is 11.5 Å². The molecule has 2 aromatic heterocycles. The minimum absolute atomic E-state index is 0.226. The highest BCUT2D eigenvalue weighted by molar-refractivity contribution is 5.97. The molecule has 0 spiro atoms. The zero-order valence-electron chi connectivity index (χ0n) is 16.7. The summed E-state index contributed by atoms with van der Waals surface area (Å²) in [5, 5.41) is 7.10. The lowest BCUT2D eigenvalue weighted by Gasteiger charge is -2.09. The highest BCUT2D eigenvalue weighted by Crippen LogP contribution is 2.14. The summed E-state index contributed by atoms with van der Waals surface area (Å²) in [4.78, 5) is 12.5. The van der Waals surface area contributed by atoms with Crippen molar-refractivity contribution in [1.29, 1.82) is 5.41 Å². The summed E-state index contributed by atoms with van der Waals surface area (Å²) >= 11 is 0. The number of rotatable bonds is 11. The van der Waals surface area contributed by atoms with Crippen LogP contribution >= 0.6 is 0 Å². The molecule has 0 unspecified atom stereocenters. The summed E-state index contributed by atoms with van der Waals surface area (Å²) in [6.07, 6.45) is 4.29. The highest BCUT2D eigenvalue weighted by atomic mass is 19.1. The number of nitrogens with zero attached hydrogens (tertiary/aromatic N) is 3. The van der Waals surface area contributed by atoms with Gasteiger partial charge < -0.3 is 25.4 Å². The summed E-state index contributed by atoms with van der Waals surface area (Å²) in [7, 11) is 0. The molecular weight excluding hydrogens is 401 g/mol. The maximum Gasteiger partial charge on any atom is 0.150 e. The maximum absolute atomic E-state index is 12.9. The first kappa shape index (κ1) is 21.8. The van der Waals surface area contributed by atoms with Crippen LogP contribution in [-0.4, -0.2) is 48.4 Å². The highest BCUT2D eigenvalue weighted by Gasteiger charge is 2.03. The van der Waals surface area contributed by atoms with Crippen molar-refractivity contribution in [3.05, 3.63) is 78.1 Å². The third-order valence-electron chi connectivity index (χ3n) is 3.97. The molecule has 0 radical (unpaired) electrons. The van der Waals surface area contributed by atoms with Crippen molar-refractivity contribution in [2.24, 2.45) is 10.7 Å². The molecule has 0 atom stereocenters. The third kappa shape index (κ3) is 7.16. The van der Waals surface area contributed by atoms with Crippen molar-refractivity contribution < 1.29 is 18.6 Å². The molecule has 1 aromatic carbocycles. The van der Waals surface area contributed by atoms with Crippen molar-refractivity contribution in [2.45, 2.75) is 0 Å². The first-order valence-electron chi connectivity index (χ1n) is 9.50. The van der Waals surface area contributed by atoms with Crippen LogP contribution in [0.2, 0.25) is 0 Å². The lowest BCUT2D eigenvalue weighted by molar-refractivity contribution is 0.0762. The van der Waals surface area contributed by atoms with Crippen LogP contribution in [0.4, 0.5) is 10.1 Å². The summed E-state index contributed by atoms with van der Waals surface area (Å²) in [5.74, 6) is 1.10. The van der Waals surface area contributed by atoms with E-state index in [0.29, 0.717) is 55.0 Å². The molecule has 8 nitrogen and oxygen atoms in total. The number of hydrogen-bond donors (Lipinski definition) is 2. The molecule has 0 amide bonds. The molecule has 0 aliphatic rings. The average molecular weight is 423 g/mol. The van der Waals surface area contributed by atoms with Gasteiger partial charge in [0.1, 0.15) is 42.1 Å². The molecule has 0 fully saturated rings. The lowest BCUT2D eigenvalue weighted by Crippen LogP contribution is -2.15. The van der Waals surface area contributed by atoms with Gasteiger partial charge in [0.15, 0.2) is 0 Å². The van der Waals surface area contributed by atoms with Gasteiger partial charge in [0.05, 0.1) is 37.0 Å². The predicted octanol–water partition coefficient (Wildman–Crippen LogP) is 3.12. The molecule has 3 aromatic rings. The monoisotopic (exact) mass is 423 g/mol. The van der Waals surface area contributed by atoms with E-state index in [9.17, 15) is 4.39 Å². The molecule has 3 N–H and O–H groups in total. The van der Waals surface area contributed by atoms with E-state index in [1.807, 2.05) is 0 Å². The van der Waals surface area contributed by atoms with E-state index in [-0.39, 0.29) is 11.7 Å². The van der Waals surface area contributed by atoms with Gasteiger partial charge in [0.2, 0.25) is 0 Å². The molecule has 0 aliphatic heterocycles. The standard InChI is InChI=1S/C22H22FN5O3/c23-16-1-3-17(4-2-16)28-22(25)21-8-7-20(15-27-21)31-12-10-29-9-11-30-19-6-5-18(13-24)26-14-19/h1-8,13-15,24H,9-12H2,(H2,25,28). The smallest absolute Gasteiger partial charge is 0.150 e. The largest absolute Gasteiger partial charge is 0.490 e. The van der Waals surface area contributed by atoms with E-state index in [1.54, 1.807) is 36.7 Å². The van der Waals surface area contributed by atoms with E-state index in [1.165, 1.54) is 30.5 Å². The van der Waals surface area contributed by atoms with Crippen LogP contribution in [0.3, 0.4) is 0 Å². The van der Waals surface area contributed by atoms with Crippen molar-refractivity contribution in [1.82, 2.24) is 9.97 Å². The average Bonchev–Trinajstić information content (AvgIpc) is 2.80. The minimum Gasteiger partial charge on any atom is -0.490 e. The van der Waals surface area contributed by atoms with E-state index in [2.05, 4.69) is 15.0 Å². The Kier molecular flexibility index (Phi) is 8.01. The molecule has 160 valence electrons. The Balaban J connectivity index is 1.34. The topological polar surface area (TPSA) is 116 Å². The van der Waals surface area contributed by atoms with E-state index >= 15 is 0 Å². The lowest BCUT2D eigenvalue weighted by atomic mass is 10.3. The van der Waals surface area contributed by atoms with Crippen LogP contribution in [0.5, 0.6) is 11.5 Å². The number of benzene rings is 1. The summed E-state index contributed by atoms with van der Waals surface area (Å²) in [6.45, 7) is 1.54. The zero-order chi connectivity index (χ0) is 21.9. The van der Waals surface area contributed by atoms with Gasteiger partial charge in [-0.2, -0.15) is 0 Å². The quantitative estimate of drug-likeness (QED) is 0.278. The number of nitrogens with two attached hydrogens (primary N) is 1. The molecule has 0 bridgehead atoms. The van der Waals surface area contributed by atoms with E-state index < -0.39 is 0 Å². The van der Waals surface area contributed by atoms with Gasteiger partial charge in [-0.25, -0.2) is 14.4 Å². The Morgan fingerprint density at radius 2 is 1.55 bits per heavy atom. The first-order chi connectivity index (χ1) is 15.1. The Hall–Kier alpha value is -3.85. The van der Waals surface area contributed by atoms with Crippen LogP contribution < -0.4 is 15.2 Å². The Labute approximate surface area is 179 Å². The summed E-state index contributed by atoms with van der Waals surface area (Å²) < 4.78 is 29.5. The number of nitrogens with one attached hydrogen (secondary N) is 1. The fraction of sp³-hybridized carbons (Fsp3) is 0.182. The number of halogens is 1. The third-order valence-corrected chi connectivity index (χ3v) is 3.97. The van der Waals surface area contributed by atoms with Gasteiger partial charge in [-0.05, 0) is 48.5 Å². The number of aliphatic imine (C=N–C) groups is 1. The second-order valence-electron chi connectivity index (χ2n) is 6.23. The second-order valence-corrected chi connectivity index (χ2v) is 6.23. The van der Waals surface area contributed by atoms with E-state index in [0.717, 1.165) is 0 Å². The second kappa shape index (κ2) is 11.4. The molecule has 31 heavy (non-hydrogen) atoms. The zero-order valence-corrected chi connectivity index (χ0v) is 16.7. The number of hydrogen-bond acceptors (Lipinski definition) is 7. The Morgan fingerprint density at radius 1 is 0.903 bits per heavy atom. The number of amidine groups is 1. The normalized spacial score (nSPS) is 11.2. The molecular formula is C22H22FN5O3. The number of ether oxygens (including phenoxy) is 3. The van der Waals surface area contributed by atoms with Gasteiger partial charge in [-0.1, -0.05) is 0 Å². The molecule has 0 saturated heterocycles. The summed E-state index contributed by atoms with van der Waals surface area (Å²) in [5.41, 5.74) is 7.56. The molecule has 0 saturated carbocycles. The molecule has 0 aliphatic carbocycles.